The summed E-state index contributed by atoms with van der Waals surface area (Å²) in [5.41, 5.74) is 0.439. The van der Waals surface area contributed by atoms with Crippen LogP contribution in [0.2, 0.25) is 0 Å². The summed E-state index contributed by atoms with van der Waals surface area (Å²) in [6, 6.07) is 4.24. The molecular weight excluding hydrogens is 265 g/mol. The standard InChI is InChI=1S/C14H20FNO2S/c1-9(2)12(6-7-17)16-14(18)10-4-5-11(15)13(8-10)19-3/h4-5,8-9,12,17H,6-7H2,1-3H3,(H,16,18). The lowest BCUT2D eigenvalue weighted by atomic mass is 10.0. The number of rotatable bonds is 6. The van der Waals surface area contributed by atoms with Gasteiger partial charge in [-0.3, -0.25) is 4.79 Å². The lowest BCUT2D eigenvalue weighted by molar-refractivity contribution is 0.0916. The first kappa shape index (κ1) is 16.0. The minimum absolute atomic E-state index is 0.0304. The second-order valence-electron chi connectivity index (χ2n) is 4.69. The largest absolute Gasteiger partial charge is 0.396 e. The van der Waals surface area contributed by atoms with Crippen molar-refractivity contribution in [3.05, 3.63) is 29.6 Å². The van der Waals surface area contributed by atoms with Crippen LogP contribution in [-0.2, 0) is 0 Å². The summed E-state index contributed by atoms with van der Waals surface area (Å²) >= 11 is 1.27. The van der Waals surface area contributed by atoms with Gasteiger partial charge in [-0.05, 0) is 36.8 Å². The highest BCUT2D eigenvalue weighted by Crippen LogP contribution is 2.20. The Labute approximate surface area is 117 Å². The normalized spacial score (nSPS) is 12.5. The quantitative estimate of drug-likeness (QED) is 0.790. The Morgan fingerprint density at radius 2 is 2.16 bits per heavy atom. The van der Waals surface area contributed by atoms with Gasteiger partial charge in [-0.1, -0.05) is 13.8 Å². The molecule has 106 valence electrons. The Kier molecular flexibility index (Phi) is 6.31. The highest BCUT2D eigenvalue weighted by molar-refractivity contribution is 7.98. The van der Waals surface area contributed by atoms with Crippen LogP contribution in [0.1, 0.15) is 30.6 Å². The molecule has 1 rings (SSSR count). The van der Waals surface area contributed by atoms with Crippen LogP contribution in [0, 0.1) is 11.7 Å². The Morgan fingerprint density at radius 1 is 1.47 bits per heavy atom. The van der Waals surface area contributed by atoms with Gasteiger partial charge in [0.25, 0.3) is 5.91 Å². The zero-order chi connectivity index (χ0) is 14.4. The van der Waals surface area contributed by atoms with E-state index in [0.717, 1.165) is 0 Å². The lowest BCUT2D eigenvalue weighted by Crippen LogP contribution is -2.39. The number of benzene rings is 1. The van der Waals surface area contributed by atoms with Gasteiger partial charge in [-0.25, -0.2) is 4.39 Å². The van der Waals surface area contributed by atoms with Crippen LogP contribution in [0.15, 0.2) is 23.1 Å². The molecule has 0 aliphatic carbocycles. The number of carbonyl (C=O) groups excluding carboxylic acids is 1. The highest BCUT2D eigenvalue weighted by atomic mass is 32.2. The molecule has 0 radical (unpaired) electrons. The maximum absolute atomic E-state index is 13.4. The molecule has 0 bridgehead atoms. The van der Waals surface area contributed by atoms with Crippen molar-refractivity contribution in [3.63, 3.8) is 0 Å². The third-order valence-electron chi connectivity index (χ3n) is 2.97. The van der Waals surface area contributed by atoms with E-state index in [-0.39, 0.29) is 30.3 Å². The number of aliphatic hydroxyl groups excluding tert-OH is 1. The zero-order valence-corrected chi connectivity index (χ0v) is 12.3. The maximum Gasteiger partial charge on any atom is 0.251 e. The van der Waals surface area contributed by atoms with E-state index >= 15 is 0 Å². The minimum Gasteiger partial charge on any atom is -0.396 e. The van der Waals surface area contributed by atoms with Gasteiger partial charge in [-0.15, -0.1) is 11.8 Å². The van der Waals surface area contributed by atoms with E-state index in [1.807, 2.05) is 13.8 Å². The van der Waals surface area contributed by atoms with Gasteiger partial charge in [0.15, 0.2) is 0 Å². The SMILES string of the molecule is CSc1cc(C(=O)NC(CCO)C(C)C)ccc1F. The fraction of sp³-hybridized carbons (Fsp3) is 0.500. The zero-order valence-electron chi connectivity index (χ0n) is 11.4. The molecule has 1 amide bonds. The average molecular weight is 285 g/mol. The van der Waals surface area contributed by atoms with Crippen LogP contribution in [-0.4, -0.2) is 29.9 Å². The van der Waals surface area contributed by atoms with E-state index in [0.29, 0.717) is 16.9 Å². The molecule has 0 aliphatic rings. The van der Waals surface area contributed by atoms with Gasteiger partial charge in [0.1, 0.15) is 5.82 Å². The van der Waals surface area contributed by atoms with Gasteiger partial charge in [0.05, 0.1) is 0 Å². The second-order valence-corrected chi connectivity index (χ2v) is 5.53. The third kappa shape index (κ3) is 4.51. The number of carbonyl (C=O) groups is 1. The number of halogens is 1. The summed E-state index contributed by atoms with van der Waals surface area (Å²) in [7, 11) is 0. The molecule has 0 aromatic heterocycles. The summed E-state index contributed by atoms with van der Waals surface area (Å²) < 4.78 is 13.4. The van der Waals surface area contributed by atoms with Crippen molar-refractivity contribution in [1.82, 2.24) is 5.32 Å². The molecule has 2 N–H and O–H groups in total. The molecule has 0 heterocycles. The Hall–Kier alpha value is -1.07. The molecule has 1 unspecified atom stereocenters. The summed E-state index contributed by atoms with van der Waals surface area (Å²) in [6.07, 6.45) is 2.28. The molecule has 0 aliphatic heterocycles. The van der Waals surface area contributed by atoms with Crippen molar-refractivity contribution in [3.8, 4) is 0 Å². The predicted octanol–water partition coefficient (Wildman–Crippen LogP) is 2.68. The van der Waals surface area contributed by atoms with Gasteiger partial charge >= 0.3 is 0 Å². The van der Waals surface area contributed by atoms with E-state index < -0.39 is 0 Å². The molecule has 3 nitrogen and oxygen atoms in total. The van der Waals surface area contributed by atoms with Crippen molar-refractivity contribution in [2.75, 3.05) is 12.9 Å². The van der Waals surface area contributed by atoms with Crippen LogP contribution in [0.4, 0.5) is 4.39 Å². The topological polar surface area (TPSA) is 49.3 Å². The van der Waals surface area contributed by atoms with Gasteiger partial charge in [0.2, 0.25) is 0 Å². The Balaban J connectivity index is 2.82. The molecule has 1 aromatic rings. The fourth-order valence-electron chi connectivity index (χ4n) is 1.76. The second kappa shape index (κ2) is 7.50. The Morgan fingerprint density at radius 3 is 2.68 bits per heavy atom. The van der Waals surface area contributed by atoms with E-state index in [1.165, 1.54) is 23.9 Å². The fourth-order valence-corrected chi connectivity index (χ4v) is 2.27. The lowest BCUT2D eigenvalue weighted by Gasteiger charge is -2.21. The van der Waals surface area contributed by atoms with Gasteiger partial charge in [-0.2, -0.15) is 0 Å². The summed E-state index contributed by atoms with van der Waals surface area (Å²) in [5, 5.41) is 11.9. The van der Waals surface area contributed by atoms with E-state index in [4.69, 9.17) is 5.11 Å². The van der Waals surface area contributed by atoms with Gasteiger partial charge < -0.3 is 10.4 Å². The van der Waals surface area contributed by atoms with Crippen molar-refractivity contribution in [1.29, 1.82) is 0 Å². The van der Waals surface area contributed by atoms with Crippen molar-refractivity contribution in [2.24, 2.45) is 5.92 Å². The predicted molar refractivity (Wildman–Crippen MR) is 76.0 cm³/mol. The number of hydrogen-bond donors (Lipinski definition) is 2. The average Bonchev–Trinajstić information content (AvgIpc) is 2.38. The molecule has 0 saturated heterocycles. The van der Waals surface area contributed by atoms with Crippen LogP contribution in [0.25, 0.3) is 0 Å². The number of amides is 1. The van der Waals surface area contributed by atoms with Crippen molar-refractivity contribution in [2.45, 2.75) is 31.2 Å². The summed E-state index contributed by atoms with van der Waals surface area (Å²) in [5.74, 6) is -0.321. The van der Waals surface area contributed by atoms with Crippen LogP contribution in [0.3, 0.4) is 0 Å². The first-order chi connectivity index (χ1) is 8.99. The monoisotopic (exact) mass is 285 g/mol. The van der Waals surface area contributed by atoms with E-state index in [1.54, 1.807) is 12.3 Å². The first-order valence-corrected chi connectivity index (χ1v) is 7.47. The minimum atomic E-state index is -0.320. The van der Waals surface area contributed by atoms with Crippen LogP contribution in [0.5, 0.6) is 0 Å². The third-order valence-corrected chi connectivity index (χ3v) is 3.73. The van der Waals surface area contributed by atoms with Crippen LogP contribution >= 0.6 is 11.8 Å². The smallest absolute Gasteiger partial charge is 0.251 e. The van der Waals surface area contributed by atoms with E-state index in [9.17, 15) is 9.18 Å². The molecule has 19 heavy (non-hydrogen) atoms. The van der Waals surface area contributed by atoms with Crippen molar-refractivity contribution >= 4 is 17.7 Å². The number of thioether (sulfide) groups is 1. The number of aliphatic hydroxyl groups is 1. The Bertz CT molecular complexity index is 437. The summed E-state index contributed by atoms with van der Waals surface area (Å²) in [4.78, 5) is 12.5. The molecule has 0 fully saturated rings. The summed E-state index contributed by atoms with van der Waals surface area (Å²) in [6.45, 7) is 4.00. The number of nitrogens with one attached hydrogen (secondary N) is 1. The highest BCUT2D eigenvalue weighted by Gasteiger charge is 2.17. The van der Waals surface area contributed by atoms with E-state index in [2.05, 4.69) is 5.32 Å². The van der Waals surface area contributed by atoms with Gasteiger partial charge in [0, 0.05) is 23.1 Å². The first-order valence-electron chi connectivity index (χ1n) is 6.24. The molecule has 0 saturated carbocycles. The van der Waals surface area contributed by atoms with Crippen LogP contribution < -0.4 is 5.32 Å². The maximum atomic E-state index is 13.4. The molecular formula is C14H20FNO2S. The molecule has 1 aromatic carbocycles. The molecule has 5 heteroatoms. The molecule has 0 spiro atoms. The number of hydrogen-bond acceptors (Lipinski definition) is 3. The van der Waals surface area contributed by atoms with Crippen molar-refractivity contribution < 1.29 is 14.3 Å². The molecule has 1 atom stereocenters.